The standard InChI is InChI=1S/C16H10Cl2N4O2S/c17-10-2-1-3-11(18)14(10)16(24)21-9-4-5-20-13(6-9)22-15(23)12-7-19-8-25-12/h1-8H,(H2,20,21,22,23,24). The number of pyridine rings is 1. The zero-order valence-electron chi connectivity index (χ0n) is 12.5. The first-order valence-corrected chi connectivity index (χ1v) is 8.59. The van der Waals surface area contributed by atoms with Crippen LogP contribution in [0.2, 0.25) is 10.0 Å². The zero-order chi connectivity index (χ0) is 17.8. The molecule has 2 heterocycles. The van der Waals surface area contributed by atoms with Crippen molar-refractivity contribution in [3.8, 4) is 0 Å². The van der Waals surface area contributed by atoms with Crippen LogP contribution < -0.4 is 10.6 Å². The number of carbonyl (C=O) groups excluding carboxylic acids is 2. The Bertz CT molecular complexity index is 911. The van der Waals surface area contributed by atoms with Crippen molar-refractivity contribution in [2.75, 3.05) is 10.6 Å². The van der Waals surface area contributed by atoms with E-state index in [1.165, 1.54) is 29.8 Å². The van der Waals surface area contributed by atoms with Crippen molar-refractivity contribution >= 4 is 57.9 Å². The van der Waals surface area contributed by atoms with Crippen molar-refractivity contribution in [2.24, 2.45) is 0 Å². The number of nitrogens with zero attached hydrogens (tertiary/aromatic N) is 2. The zero-order valence-corrected chi connectivity index (χ0v) is 14.8. The molecule has 0 saturated carbocycles. The topological polar surface area (TPSA) is 84.0 Å². The molecule has 0 aliphatic heterocycles. The summed E-state index contributed by atoms with van der Waals surface area (Å²) in [6, 6.07) is 7.93. The van der Waals surface area contributed by atoms with E-state index in [9.17, 15) is 9.59 Å². The van der Waals surface area contributed by atoms with Gasteiger partial charge in [0.2, 0.25) is 0 Å². The number of carbonyl (C=O) groups is 2. The largest absolute Gasteiger partial charge is 0.322 e. The van der Waals surface area contributed by atoms with Crippen LogP contribution in [0.3, 0.4) is 0 Å². The van der Waals surface area contributed by atoms with Gasteiger partial charge in [-0.25, -0.2) is 4.98 Å². The molecule has 0 atom stereocenters. The minimum atomic E-state index is -0.457. The van der Waals surface area contributed by atoms with Gasteiger partial charge in [-0.3, -0.25) is 14.6 Å². The molecule has 0 radical (unpaired) electrons. The smallest absolute Gasteiger partial charge is 0.268 e. The van der Waals surface area contributed by atoms with Crippen LogP contribution >= 0.6 is 34.5 Å². The number of aromatic nitrogens is 2. The van der Waals surface area contributed by atoms with Crippen molar-refractivity contribution in [1.82, 2.24) is 9.97 Å². The third-order valence-corrected chi connectivity index (χ3v) is 4.51. The highest BCUT2D eigenvalue weighted by Crippen LogP contribution is 2.25. The molecule has 1 aromatic carbocycles. The summed E-state index contributed by atoms with van der Waals surface area (Å²) in [6.45, 7) is 0. The van der Waals surface area contributed by atoms with Crippen LogP contribution in [0.5, 0.6) is 0 Å². The Morgan fingerprint density at radius 2 is 1.80 bits per heavy atom. The lowest BCUT2D eigenvalue weighted by Crippen LogP contribution is -2.15. The highest BCUT2D eigenvalue weighted by Gasteiger charge is 2.15. The molecule has 0 aliphatic carbocycles. The molecule has 2 aromatic heterocycles. The molecule has 3 aromatic rings. The van der Waals surface area contributed by atoms with Crippen LogP contribution in [-0.2, 0) is 0 Å². The van der Waals surface area contributed by atoms with Gasteiger partial charge in [0.1, 0.15) is 10.7 Å². The average Bonchev–Trinajstić information content (AvgIpc) is 3.09. The summed E-state index contributed by atoms with van der Waals surface area (Å²) in [5, 5.41) is 5.81. The number of benzene rings is 1. The van der Waals surface area contributed by atoms with E-state index in [0.717, 1.165) is 0 Å². The molecule has 25 heavy (non-hydrogen) atoms. The van der Waals surface area contributed by atoms with Gasteiger partial charge in [0, 0.05) is 18.0 Å². The fourth-order valence-corrected chi connectivity index (χ4v) is 3.07. The number of anilines is 2. The van der Waals surface area contributed by atoms with E-state index in [2.05, 4.69) is 20.6 Å². The van der Waals surface area contributed by atoms with Crippen molar-refractivity contribution in [1.29, 1.82) is 0 Å². The number of hydrogen-bond donors (Lipinski definition) is 2. The molecule has 6 nitrogen and oxygen atoms in total. The molecule has 0 fully saturated rings. The molecule has 0 saturated heterocycles. The minimum absolute atomic E-state index is 0.179. The second kappa shape index (κ2) is 7.60. The minimum Gasteiger partial charge on any atom is -0.322 e. The third-order valence-electron chi connectivity index (χ3n) is 3.11. The molecule has 2 amide bonds. The molecule has 126 valence electrons. The maximum absolute atomic E-state index is 12.4. The average molecular weight is 393 g/mol. The summed E-state index contributed by atoms with van der Waals surface area (Å²) in [4.78, 5) is 32.8. The lowest BCUT2D eigenvalue weighted by atomic mass is 10.2. The Morgan fingerprint density at radius 3 is 2.48 bits per heavy atom. The maximum Gasteiger partial charge on any atom is 0.268 e. The summed E-state index contributed by atoms with van der Waals surface area (Å²) in [7, 11) is 0. The predicted octanol–water partition coefficient (Wildman–Crippen LogP) is 4.35. The summed E-state index contributed by atoms with van der Waals surface area (Å²) >= 11 is 13.3. The van der Waals surface area contributed by atoms with Gasteiger partial charge in [0.25, 0.3) is 11.8 Å². The van der Waals surface area contributed by atoms with Crippen molar-refractivity contribution in [3.05, 3.63) is 68.7 Å². The van der Waals surface area contributed by atoms with Crippen LogP contribution in [-0.4, -0.2) is 21.8 Å². The van der Waals surface area contributed by atoms with E-state index < -0.39 is 5.91 Å². The van der Waals surface area contributed by atoms with Gasteiger partial charge in [-0.2, -0.15) is 0 Å². The molecule has 0 aliphatic rings. The van der Waals surface area contributed by atoms with Gasteiger partial charge in [-0.1, -0.05) is 29.3 Å². The van der Waals surface area contributed by atoms with Crippen LogP contribution in [0.4, 0.5) is 11.5 Å². The number of thiazole rings is 1. The van der Waals surface area contributed by atoms with E-state index in [-0.39, 0.29) is 21.5 Å². The Morgan fingerprint density at radius 1 is 1.04 bits per heavy atom. The van der Waals surface area contributed by atoms with E-state index in [1.807, 2.05) is 0 Å². The molecule has 0 spiro atoms. The summed E-state index contributed by atoms with van der Waals surface area (Å²) in [5.41, 5.74) is 2.18. The normalized spacial score (nSPS) is 10.3. The molecular weight excluding hydrogens is 383 g/mol. The summed E-state index contributed by atoms with van der Waals surface area (Å²) in [6.07, 6.45) is 2.93. The van der Waals surface area contributed by atoms with E-state index in [0.29, 0.717) is 16.4 Å². The summed E-state index contributed by atoms with van der Waals surface area (Å²) < 4.78 is 0. The lowest BCUT2D eigenvalue weighted by Gasteiger charge is -2.09. The third kappa shape index (κ3) is 4.14. The number of amides is 2. The Kier molecular flexibility index (Phi) is 5.28. The van der Waals surface area contributed by atoms with E-state index in [1.54, 1.807) is 29.8 Å². The van der Waals surface area contributed by atoms with Gasteiger partial charge >= 0.3 is 0 Å². The highest BCUT2D eigenvalue weighted by atomic mass is 35.5. The highest BCUT2D eigenvalue weighted by molar-refractivity contribution is 7.11. The van der Waals surface area contributed by atoms with Gasteiger partial charge < -0.3 is 10.6 Å². The van der Waals surface area contributed by atoms with E-state index in [4.69, 9.17) is 23.2 Å². The Hall–Kier alpha value is -2.48. The van der Waals surface area contributed by atoms with Crippen LogP contribution in [0, 0.1) is 0 Å². The van der Waals surface area contributed by atoms with Crippen LogP contribution in [0.15, 0.2) is 48.2 Å². The first-order valence-electron chi connectivity index (χ1n) is 6.96. The SMILES string of the molecule is O=C(Nc1cc(NC(=O)c2c(Cl)cccc2Cl)ccn1)c1cncs1. The quantitative estimate of drug-likeness (QED) is 0.690. The second-order valence-electron chi connectivity index (χ2n) is 4.80. The van der Waals surface area contributed by atoms with Crippen molar-refractivity contribution in [3.63, 3.8) is 0 Å². The van der Waals surface area contributed by atoms with Gasteiger partial charge in [0.15, 0.2) is 0 Å². The number of halogens is 2. The lowest BCUT2D eigenvalue weighted by molar-refractivity contribution is 0.102. The maximum atomic E-state index is 12.4. The van der Waals surface area contributed by atoms with Gasteiger partial charge in [-0.05, 0) is 18.2 Å². The van der Waals surface area contributed by atoms with Gasteiger partial charge in [-0.15, -0.1) is 11.3 Å². The molecule has 0 bridgehead atoms. The van der Waals surface area contributed by atoms with Crippen LogP contribution in [0.1, 0.15) is 20.0 Å². The number of nitrogens with one attached hydrogen (secondary N) is 2. The van der Waals surface area contributed by atoms with Crippen LogP contribution in [0.25, 0.3) is 0 Å². The number of hydrogen-bond acceptors (Lipinski definition) is 5. The number of rotatable bonds is 4. The van der Waals surface area contributed by atoms with E-state index >= 15 is 0 Å². The first-order chi connectivity index (χ1) is 12.0. The first kappa shape index (κ1) is 17.3. The second-order valence-corrected chi connectivity index (χ2v) is 6.50. The van der Waals surface area contributed by atoms with Gasteiger partial charge in [0.05, 0.1) is 27.3 Å². The monoisotopic (exact) mass is 392 g/mol. The van der Waals surface area contributed by atoms with Crippen molar-refractivity contribution in [2.45, 2.75) is 0 Å². The molecule has 9 heteroatoms. The van der Waals surface area contributed by atoms with Crippen molar-refractivity contribution < 1.29 is 9.59 Å². The predicted molar refractivity (Wildman–Crippen MR) is 98.7 cm³/mol. The summed E-state index contributed by atoms with van der Waals surface area (Å²) in [5.74, 6) is -0.490. The molecule has 0 unspecified atom stereocenters. The fraction of sp³-hybridized carbons (Fsp3) is 0. The molecule has 2 N–H and O–H groups in total. The molecule has 3 rings (SSSR count). The Balaban J connectivity index is 1.76. The molecular formula is C16H10Cl2N4O2S. The fourth-order valence-electron chi connectivity index (χ4n) is 1.99. The Labute approximate surface area is 156 Å².